The van der Waals surface area contributed by atoms with E-state index in [1.54, 1.807) is 18.7 Å². The molecule has 7 heteroatoms. The van der Waals surface area contributed by atoms with Crippen LogP contribution in [0.4, 0.5) is 11.4 Å². The van der Waals surface area contributed by atoms with E-state index in [1.165, 1.54) is 0 Å². The molecule has 0 saturated heterocycles. The zero-order valence-electron chi connectivity index (χ0n) is 17.6. The van der Waals surface area contributed by atoms with Crippen molar-refractivity contribution >= 4 is 17.1 Å². The molecule has 0 aliphatic rings. The minimum absolute atomic E-state index is 0.200. The van der Waals surface area contributed by atoms with Gasteiger partial charge in [0.05, 0.1) is 36.1 Å². The predicted molar refractivity (Wildman–Crippen MR) is 118 cm³/mol. The van der Waals surface area contributed by atoms with E-state index in [0.717, 1.165) is 33.9 Å². The summed E-state index contributed by atoms with van der Waals surface area (Å²) in [4.78, 5) is 4.80. The second-order valence-electron chi connectivity index (χ2n) is 7.28. The molecule has 0 radical (unpaired) electrons. The topological polar surface area (TPSA) is 87.9 Å². The van der Waals surface area contributed by atoms with Gasteiger partial charge in [-0.3, -0.25) is 4.68 Å². The van der Waals surface area contributed by atoms with Crippen molar-refractivity contribution in [1.82, 2.24) is 14.8 Å². The number of aryl methyl sites for hydroxylation is 1. The molecule has 0 aliphatic heterocycles. The molecular weight excluding hydrogens is 364 g/mol. The van der Waals surface area contributed by atoms with Crippen LogP contribution in [0.15, 0.2) is 42.7 Å². The molecule has 1 aromatic carbocycles. The van der Waals surface area contributed by atoms with Crippen LogP contribution in [0.5, 0.6) is 5.75 Å². The Morgan fingerprint density at radius 1 is 1.28 bits per heavy atom. The van der Waals surface area contributed by atoms with Gasteiger partial charge in [0, 0.05) is 37.0 Å². The van der Waals surface area contributed by atoms with E-state index in [2.05, 4.69) is 29.6 Å². The molecular formula is C22H28N6O. The molecule has 152 valence electrons. The van der Waals surface area contributed by atoms with E-state index in [4.69, 9.17) is 15.1 Å². The fourth-order valence-corrected chi connectivity index (χ4v) is 3.15. The van der Waals surface area contributed by atoms with Crippen LogP contribution in [0.2, 0.25) is 0 Å². The minimum Gasteiger partial charge on any atom is -0.496 e. The monoisotopic (exact) mass is 392 g/mol. The molecule has 0 fully saturated rings. The van der Waals surface area contributed by atoms with Crippen LogP contribution < -0.4 is 15.4 Å². The van der Waals surface area contributed by atoms with Gasteiger partial charge in [-0.15, -0.1) is 0 Å². The van der Waals surface area contributed by atoms with Crippen LogP contribution in [0.1, 0.15) is 32.0 Å². The summed E-state index contributed by atoms with van der Waals surface area (Å²) in [6.07, 6.45) is 3.82. The Balaban J connectivity index is 2.10. The number of hydrogen-bond acceptors (Lipinski definition) is 6. The van der Waals surface area contributed by atoms with Crippen molar-refractivity contribution in [2.75, 3.05) is 17.7 Å². The van der Waals surface area contributed by atoms with Crippen molar-refractivity contribution in [1.29, 1.82) is 5.41 Å². The summed E-state index contributed by atoms with van der Waals surface area (Å²) in [5.41, 5.74) is 5.46. The SMILES string of the molecule is COc1ccccc1-c1cc(NCc2cnn(C)c2)c(NC(C)C)c(C(C)=N)n1. The molecule has 0 bridgehead atoms. The smallest absolute Gasteiger partial charge is 0.128 e. The Morgan fingerprint density at radius 2 is 2.03 bits per heavy atom. The van der Waals surface area contributed by atoms with Gasteiger partial charge in [-0.25, -0.2) is 4.98 Å². The molecule has 0 saturated carbocycles. The van der Waals surface area contributed by atoms with E-state index >= 15 is 0 Å². The van der Waals surface area contributed by atoms with Gasteiger partial charge in [-0.2, -0.15) is 5.10 Å². The summed E-state index contributed by atoms with van der Waals surface area (Å²) in [5.74, 6) is 0.747. The Hall–Kier alpha value is -3.35. The average molecular weight is 393 g/mol. The van der Waals surface area contributed by atoms with Crippen LogP contribution in [0.25, 0.3) is 11.3 Å². The number of pyridine rings is 1. The fraction of sp³-hybridized carbons (Fsp3) is 0.318. The maximum Gasteiger partial charge on any atom is 0.128 e. The highest BCUT2D eigenvalue weighted by atomic mass is 16.5. The van der Waals surface area contributed by atoms with Gasteiger partial charge in [0.15, 0.2) is 0 Å². The first kappa shape index (κ1) is 20.4. The number of benzene rings is 1. The van der Waals surface area contributed by atoms with Gasteiger partial charge >= 0.3 is 0 Å². The lowest BCUT2D eigenvalue weighted by Crippen LogP contribution is -2.17. The predicted octanol–water partition coefficient (Wildman–Crippen LogP) is 4.31. The summed E-state index contributed by atoms with van der Waals surface area (Å²) in [6.45, 7) is 6.52. The molecule has 7 nitrogen and oxygen atoms in total. The van der Waals surface area contributed by atoms with Gasteiger partial charge in [-0.05, 0) is 39.0 Å². The Labute approximate surface area is 171 Å². The number of anilines is 2. The third-order valence-electron chi connectivity index (χ3n) is 4.43. The highest BCUT2D eigenvalue weighted by Gasteiger charge is 2.18. The molecule has 3 rings (SSSR count). The van der Waals surface area contributed by atoms with Crippen LogP contribution in [-0.4, -0.2) is 33.6 Å². The second-order valence-corrected chi connectivity index (χ2v) is 7.28. The lowest BCUT2D eigenvalue weighted by Gasteiger charge is -2.21. The van der Waals surface area contributed by atoms with Crippen molar-refractivity contribution in [3.05, 3.63) is 54.0 Å². The van der Waals surface area contributed by atoms with E-state index in [1.807, 2.05) is 49.8 Å². The number of hydrogen-bond donors (Lipinski definition) is 3. The number of para-hydroxylation sites is 1. The number of nitrogens with zero attached hydrogens (tertiary/aromatic N) is 3. The first-order chi connectivity index (χ1) is 13.9. The minimum atomic E-state index is 0.200. The van der Waals surface area contributed by atoms with Gasteiger partial charge < -0.3 is 20.8 Å². The third-order valence-corrected chi connectivity index (χ3v) is 4.43. The Kier molecular flexibility index (Phi) is 6.16. The van der Waals surface area contributed by atoms with E-state index in [-0.39, 0.29) is 6.04 Å². The molecule has 0 atom stereocenters. The molecule has 0 aliphatic carbocycles. The Bertz CT molecular complexity index is 1010. The molecule has 2 heterocycles. The second kappa shape index (κ2) is 8.77. The van der Waals surface area contributed by atoms with Gasteiger partial charge in [0.2, 0.25) is 0 Å². The number of ether oxygens (including phenoxy) is 1. The third kappa shape index (κ3) is 4.74. The van der Waals surface area contributed by atoms with Crippen LogP contribution >= 0.6 is 0 Å². The molecule has 3 aromatic rings. The summed E-state index contributed by atoms with van der Waals surface area (Å²) in [5, 5.41) is 19.5. The van der Waals surface area contributed by atoms with Crippen molar-refractivity contribution in [3.8, 4) is 17.0 Å². The number of methoxy groups -OCH3 is 1. The largest absolute Gasteiger partial charge is 0.496 e. The highest BCUT2D eigenvalue weighted by molar-refractivity contribution is 6.03. The standard InChI is InChI=1S/C22H28N6O/c1-14(2)26-22-19(24-11-16-12-25-28(4)13-16)10-18(27-21(22)15(3)23)17-8-6-7-9-20(17)29-5/h6-10,12-14,23,26H,11H2,1-5H3,(H,24,27). The fourth-order valence-electron chi connectivity index (χ4n) is 3.15. The van der Waals surface area contributed by atoms with E-state index in [9.17, 15) is 0 Å². The molecule has 0 spiro atoms. The van der Waals surface area contributed by atoms with Gasteiger partial charge in [0.25, 0.3) is 0 Å². The first-order valence-corrected chi connectivity index (χ1v) is 9.61. The lowest BCUT2D eigenvalue weighted by atomic mass is 10.1. The normalized spacial score (nSPS) is 10.8. The van der Waals surface area contributed by atoms with Crippen molar-refractivity contribution in [2.24, 2.45) is 7.05 Å². The van der Waals surface area contributed by atoms with E-state index < -0.39 is 0 Å². The van der Waals surface area contributed by atoms with Gasteiger partial charge in [-0.1, -0.05) is 12.1 Å². The maximum atomic E-state index is 8.30. The zero-order valence-corrected chi connectivity index (χ0v) is 17.6. The number of nitrogens with one attached hydrogen (secondary N) is 3. The quantitative estimate of drug-likeness (QED) is 0.497. The lowest BCUT2D eigenvalue weighted by molar-refractivity contribution is 0.416. The van der Waals surface area contributed by atoms with Crippen molar-refractivity contribution < 1.29 is 4.74 Å². The van der Waals surface area contributed by atoms with Crippen molar-refractivity contribution in [2.45, 2.75) is 33.4 Å². The summed E-state index contributed by atoms with van der Waals surface area (Å²) < 4.78 is 7.31. The summed E-state index contributed by atoms with van der Waals surface area (Å²) in [6, 6.07) is 9.99. The summed E-state index contributed by atoms with van der Waals surface area (Å²) in [7, 11) is 3.55. The highest BCUT2D eigenvalue weighted by Crippen LogP contribution is 2.35. The van der Waals surface area contributed by atoms with Crippen LogP contribution in [0, 0.1) is 5.41 Å². The van der Waals surface area contributed by atoms with Crippen molar-refractivity contribution in [3.63, 3.8) is 0 Å². The molecule has 2 aromatic heterocycles. The van der Waals surface area contributed by atoms with E-state index in [0.29, 0.717) is 18.0 Å². The maximum absolute atomic E-state index is 8.30. The van der Waals surface area contributed by atoms with Crippen LogP contribution in [0.3, 0.4) is 0 Å². The van der Waals surface area contributed by atoms with Gasteiger partial charge in [0.1, 0.15) is 11.4 Å². The first-order valence-electron chi connectivity index (χ1n) is 9.61. The van der Waals surface area contributed by atoms with Crippen LogP contribution in [-0.2, 0) is 13.6 Å². The number of aromatic nitrogens is 3. The average Bonchev–Trinajstić information content (AvgIpc) is 3.11. The Morgan fingerprint density at radius 3 is 2.66 bits per heavy atom. The molecule has 0 amide bonds. The molecule has 3 N–H and O–H groups in total. The summed E-state index contributed by atoms with van der Waals surface area (Å²) >= 11 is 0. The molecule has 0 unspecified atom stereocenters. The molecule has 29 heavy (non-hydrogen) atoms. The zero-order chi connectivity index (χ0) is 21.0. The number of rotatable bonds is 8.